The van der Waals surface area contributed by atoms with Crippen molar-refractivity contribution in [1.29, 1.82) is 0 Å². The SMILES string of the molecule is Cc1noc(C)c1CCC(=O)N1CCCCc2cc(Cl)ccc21. The van der Waals surface area contributed by atoms with Crippen LogP contribution in [-0.4, -0.2) is 17.6 Å². The maximum absolute atomic E-state index is 12.8. The van der Waals surface area contributed by atoms with Gasteiger partial charge in [0.15, 0.2) is 0 Å². The first-order chi connectivity index (χ1) is 11.1. The van der Waals surface area contributed by atoms with Crippen molar-refractivity contribution in [1.82, 2.24) is 5.16 Å². The van der Waals surface area contributed by atoms with Gasteiger partial charge in [0.1, 0.15) is 5.76 Å². The summed E-state index contributed by atoms with van der Waals surface area (Å²) < 4.78 is 5.17. The van der Waals surface area contributed by atoms with Gasteiger partial charge < -0.3 is 9.42 Å². The number of nitrogens with zero attached hydrogens (tertiary/aromatic N) is 2. The second-order valence-electron chi connectivity index (χ2n) is 6.08. The highest BCUT2D eigenvalue weighted by molar-refractivity contribution is 6.30. The molecule has 0 spiro atoms. The lowest BCUT2D eigenvalue weighted by molar-refractivity contribution is -0.118. The van der Waals surface area contributed by atoms with Gasteiger partial charge in [-0.15, -0.1) is 0 Å². The Labute approximate surface area is 141 Å². The van der Waals surface area contributed by atoms with Crippen molar-refractivity contribution < 1.29 is 9.32 Å². The first kappa shape index (κ1) is 16.1. The van der Waals surface area contributed by atoms with Crippen LogP contribution in [-0.2, 0) is 17.6 Å². The summed E-state index contributed by atoms with van der Waals surface area (Å²) in [4.78, 5) is 14.7. The molecule has 1 aliphatic heterocycles. The number of hydrogen-bond donors (Lipinski definition) is 0. The minimum atomic E-state index is 0.149. The third-order valence-corrected chi connectivity index (χ3v) is 4.72. The van der Waals surface area contributed by atoms with Crippen LogP contribution in [0.5, 0.6) is 0 Å². The molecule has 0 aliphatic carbocycles. The van der Waals surface area contributed by atoms with Crippen LogP contribution in [0.4, 0.5) is 5.69 Å². The Bertz CT molecular complexity index is 704. The highest BCUT2D eigenvalue weighted by atomic mass is 35.5. The average molecular weight is 333 g/mol. The molecule has 122 valence electrons. The zero-order valence-electron chi connectivity index (χ0n) is 13.6. The number of carbonyl (C=O) groups excluding carboxylic acids is 1. The first-order valence-corrected chi connectivity index (χ1v) is 8.44. The van der Waals surface area contributed by atoms with Gasteiger partial charge in [-0.3, -0.25) is 4.79 Å². The van der Waals surface area contributed by atoms with Crippen molar-refractivity contribution in [2.45, 2.75) is 46.0 Å². The Morgan fingerprint density at radius 3 is 2.91 bits per heavy atom. The summed E-state index contributed by atoms with van der Waals surface area (Å²) in [5.41, 5.74) is 4.10. The molecule has 1 aliphatic rings. The molecule has 0 radical (unpaired) electrons. The molecule has 0 saturated carbocycles. The lowest BCUT2D eigenvalue weighted by Gasteiger charge is -2.23. The zero-order valence-corrected chi connectivity index (χ0v) is 14.3. The van der Waals surface area contributed by atoms with Gasteiger partial charge in [0, 0.05) is 29.2 Å². The number of hydrogen-bond acceptors (Lipinski definition) is 3. The predicted molar refractivity (Wildman–Crippen MR) is 91.0 cm³/mol. The molecule has 23 heavy (non-hydrogen) atoms. The van der Waals surface area contributed by atoms with Crippen LogP contribution >= 0.6 is 11.6 Å². The van der Waals surface area contributed by atoms with Crippen LogP contribution in [0.3, 0.4) is 0 Å². The summed E-state index contributed by atoms with van der Waals surface area (Å²) in [5, 5.41) is 4.68. The fraction of sp³-hybridized carbons (Fsp3) is 0.444. The fourth-order valence-corrected chi connectivity index (χ4v) is 3.40. The molecule has 4 nitrogen and oxygen atoms in total. The van der Waals surface area contributed by atoms with E-state index in [-0.39, 0.29) is 5.91 Å². The van der Waals surface area contributed by atoms with Gasteiger partial charge in [-0.1, -0.05) is 16.8 Å². The minimum Gasteiger partial charge on any atom is -0.361 e. The first-order valence-electron chi connectivity index (χ1n) is 8.07. The molecule has 0 bridgehead atoms. The van der Waals surface area contributed by atoms with E-state index in [2.05, 4.69) is 5.16 Å². The summed E-state index contributed by atoms with van der Waals surface area (Å²) >= 11 is 6.10. The molecule has 1 amide bonds. The Hall–Kier alpha value is -1.81. The average Bonchev–Trinajstić information content (AvgIpc) is 2.73. The van der Waals surface area contributed by atoms with E-state index in [0.717, 1.165) is 53.5 Å². The van der Waals surface area contributed by atoms with Gasteiger partial charge in [0.25, 0.3) is 0 Å². The molecule has 0 unspecified atom stereocenters. The van der Waals surface area contributed by atoms with Crippen molar-refractivity contribution in [2.75, 3.05) is 11.4 Å². The van der Waals surface area contributed by atoms with Crippen molar-refractivity contribution in [3.63, 3.8) is 0 Å². The number of halogens is 1. The van der Waals surface area contributed by atoms with Gasteiger partial charge in [0.2, 0.25) is 5.91 Å². The van der Waals surface area contributed by atoms with Gasteiger partial charge in [-0.2, -0.15) is 0 Å². The number of fused-ring (bicyclic) bond motifs is 1. The molecular formula is C18H21ClN2O2. The lowest BCUT2D eigenvalue weighted by atomic mass is 10.1. The normalized spacial score (nSPS) is 14.5. The fourth-order valence-electron chi connectivity index (χ4n) is 3.21. The molecule has 0 fully saturated rings. The molecule has 0 saturated heterocycles. The van der Waals surface area contributed by atoms with Crippen molar-refractivity contribution in [2.24, 2.45) is 0 Å². The molecule has 2 heterocycles. The molecule has 5 heteroatoms. The van der Waals surface area contributed by atoms with Crippen molar-refractivity contribution in [3.05, 3.63) is 45.8 Å². The van der Waals surface area contributed by atoms with Crippen LogP contribution in [0.1, 0.15) is 41.8 Å². The minimum absolute atomic E-state index is 0.149. The van der Waals surface area contributed by atoms with E-state index in [4.69, 9.17) is 16.1 Å². The monoisotopic (exact) mass is 332 g/mol. The summed E-state index contributed by atoms with van der Waals surface area (Å²) in [5.74, 6) is 0.953. The Kier molecular flexibility index (Phi) is 4.71. The number of benzene rings is 1. The maximum atomic E-state index is 12.8. The summed E-state index contributed by atoms with van der Waals surface area (Å²) in [6.07, 6.45) is 4.21. The van der Waals surface area contributed by atoms with Crippen LogP contribution in [0.25, 0.3) is 0 Å². The number of aryl methyl sites for hydroxylation is 3. The van der Waals surface area contributed by atoms with Crippen LogP contribution in [0.15, 0.2) is 22.7 Å². The molecule has 1 aromatic carbocycles. The summed E-state index contributed by atoms with van der Waals surface area (Å²) in [6.45, 7) is 4.58. The van der Waals surface area contributed by atoms with E-state index in [9.17, 15) is 4.79 Å². The number of aromatic nitrogens is 1. The number of rotatable bonds is 3. The second kappa shape index (κ2) is 6.75. The van der Waals surface area contributed by atoms with Gasteiger partial charge in [-0.25, -0.2) is 0 Å². The number of amides is 1. The van der Waals surface area contributed by atoms with E-state index >= 15 is 0 Å². The van der Waals surface area contributed by atoms with E-state index < -0.39 is 0 Å². The Morgan fingerprint density at radius 2 is 2.17 bits per heavy atom. The topological polar surface area (TPSA) is 46.3 Å². The maximum Gasteiger partial charge on any atom is 0.227 e. The molecule has 0 N–H and O–H groups in total. The zero-order chi connectivity index (χ0) is 16.4. The predicted octanol–water partition coefficient (Wildman–Crippen LogP) is 4.25. The largest absolute Gasteiger partial charge is 0.361 e. The van der Waals surface area contributed by atoms with Crippen LogP contribution < -0.4 is 4.90 Å². The standard InChI is InChI=1S/C18H21ClN2O2/c1-12-16(13(2)23-20-12)7-9-18(22)21-10-4-3-5-14-11-15(19)6-8-17(14)21/h6,8,11H,3-5,7,9-10H2,1-2H3. The third-order valence-electron chi connectivity index (χ3n) is 4.48. The van der Waals surface area contributed by atoms with E-state index in [1.807, 2.05) is 36.9 Å². The molecule has 2 aromatic rings. The number of carbonyl (C=O) groups is 1. The van der Waals surface area contributed by atoms with Gasteiger partial charge in [-0.05, 0) is 63.3 Å². The molecule has 3 rings (SSSR count). The lowest BCUT2D eigenvalue weighted by Crippen LogP contribution is -2.32. The quantitative estimate of drug-likeness (QED) is 0.844. The van der Waals surface area contributed by atoms with Crippen molar-refractivity contribution >= 4 is 23.2 Å². The molecular weight excluding hydrogens is 312 g/mol. The highest BCUT2D eigenvalue weighted by Gasteiger charge is 2.22. The van der Waals surface area contributed by atoms with Crippen LogP contribution in [0, 0.1) is 13.8 Å². The van der Waals surface area contributed by atoms with Crippen LogP contribution in [0.2, 0.25) is 5.02 Å². The van der Waals surface area contributed by atoms with E-state index in [1.165, 1.54) is 5.56 Å². The second-order valence-corrected chi connectivity index (χ2v) is 6.51. The summed E-state index contributed by atoms with van der Waals surface area (Å²) in [7, 11) is 0. The molecule has 1 aromatic heterocycles. The third kappa shape index (κ3) is 3.42. The smallest absolute Gasteiger partial charge is 0.227 e. The van der Waals surface area contributed by atoms with Gasteiger partial charge in [0.05, 0.1) is 5.69 Å². The van der Waals surface area contributed by atoms with Crippen molar-refractivity contribution in [3.8, 4) is 0 Å². The highest BCUT2D eigenvalue weighted by Crippen LogP contribution is 2.29. The summed E-state index contributed by atoms with van der Waals surface area (Å²) in [6, 6.07) is 5.81. The van der Waals surface area contributed by atoms with E-state index in [0.29, 0.717) is 12.8 Å². The Morgan fingerprint density at radius 1 is 1.35 bits per heavy atom. The van der Waals surface area contributed by atoms with E-state index in [1.54, 1.807) is 0 Å². The van der Waals surface area contributed by atoms with Gasteiger partial charge >= 0.3 is 0 Å². The Balaban J connectivity index is 1.77. The molecule has 0 atom stereocenters. The number of anilines is 1.